The SMILES string of the molecule is O=S(=O)(NCc1nc(N2CCOCC2)c2ccccc2n1)c1ccc(Cl)cc1Cl. The maximum absolute atomic E-state index is 12.7. The topological polar surface area (TPSA) is 84.4 Å². The Kier molecular flexibility index (Phi) is 5.89. The van der Waals surface area contributed by atoms with Gasteiger partial charge >= 0.3 is 0 Å². The molecule has 0 amide bonds. The minimum Gasteiger partial charge on any atom is -0.378 e. The highest BCUT2D eigenvalue weighted by atomic mass is 35.5. The highest BCUT2D eigenvalue weighted by Crippen LogP contribution is 2.26. The van der Waals surface area contributed by atoms with Crippen molar-refractivity contribution < 1.29 is 13.2 Å². The zero-order valence-electron chi connectivity index (χ0n) is 15.3. The van der Waals surface area contributed by atoms with Gasteiger partial charge in [0.25, 0.3) is 0 Å². The summed E-state index contributed by atoms with van der Waals surface area (Å²) in [6.45, 7) is 2.60. The van der Waals surface area contributed by atoms with Gasteiger partial charge in [0.2, 0.25) is 10.0 Å². The minimum atomic E-state index is -3.85. The van der Waals surface area contributed by atoms with Crippen LogP contribution in [0.4, 0.5) is 5.82 Å². The van der Waals surface area contributed by atoms with E-state index in [2.05, 4.69) is 19.6 Å². The first-order valence-electron chi connectivity index (χ1n) is 8.97. The number of hydrogen-bond acceptors (Lipinski definition) is 6. The third-order valence-electron chi connectivity index (χ3n) is 4.54. The Morgan fingerprint density at radius 2 is 1.83 bits per heavy atom. The van der Waals surface area contributed by atoms with Crippen LogP contribution in [0.1, 0.15) is 5.82 Å². The van der Waals surface area contributed by atoms with E-state index in [1.165, 1.54) is 18.2 Å². The molecule has 0 spiro atoms. The predicted octanol–water partition coefficient (Wildman–Crippen LogP) is 3.25. The van der Waals surface area contributed by atoms with Crippen LogP contribution >= 0.6 is 23.2 Å². The monoisotopic (exact) mass is 452 g/mol. The first-order valence-corrected chi connectivity index (χ1v) is 11.2. The number of benzene rings is 2. The molecule has 2 aromatic carbocycles. The van der Waals surface area contributed by atoms with Gasteiger partial charge in [-0.25, -0.2) is 23.1 Å². The van der Waals surface area contributed by atoms with Crippen LogP contribution in [0, 0.1) is 0 Å². The van der Waals surface area contributed by atoms with E-state index < -0.39 is 10.0 Å². The molecule has 1 aromatic heterocycles. The Labute approximate surface area is 178 Å². The van der Waals surface area contributed by atoms with Gasteiger partial charge in [-0.05, 0) is 30.3 Å². The smallest absolute Gasteiger partial charge is 0.242 e. The number of halogens is 2. The Balaban J connectivity index is 1.64. The van der Waals surface area contributed by atoms with Crippen LogP contribution in [0.2, 0.25) is 10.0 Å². The highest BCUT2D eigenvalue weighted by molar-refractivity contribution is 7.89. The van der Waals surface area contributed by atoms with E-state index in [4.69, 9.17) is 27.9 Å². The van der Waals surface area contributed by atoms with Gasteiger partial charge in [0.1, 0.15) is 16.5 Å². The molecule has 0 radical (unpaired) electrons. The number of rotatable bonds is 5. The summed E-state index contributed by atoms with van der Waals surface area (Å²) in [5, 5.41) is 1.34. The molecule has 1 aliphatic heterocycles. The van der Waals surface area contributed by atoms with Crippen molar-refractivity contribution in [3.05, 3.63) is 58.3 Å². The van der Waals surface area contributed by atoms with Gasteiger partial charge in [-0.3, -0.25) is 0 Å². The number of hydrogen-bond donors (Lipinski definition) is 1. The quantitative estimate of drug-likeness (QED) is 0.639. The molecule has 1 saturated heterocycles. The molecule has 0 bridgehead atoms. The third-order valence-corrected chi connectivity index (χ3v) is 6.66. The number of nitrogens with one attached hydrogen (secondary N) is 1. The Hall–Kier alpha value is -1.97. The molecular formula is C19H18Cl2N4O3S. The van der Waals surface area contributed by atoms with E-state index in [0.29, 0.717) is 37.2 Å². The number of fused-ring (bicyclic) bond motifs is 1. The van der Waals surface area contributed by atoms with E-state index in [0.717, 1.165) is 16.7 Å². The molecule has 3 aromatic rings. The molecule has 7 nitrogen and oxygen atoms in total. The molecule has 1 aliphatic rings. The van der Waals surface area contributed by atoms with Crippen LogP contribution < -0.4 is 9.62 Å². The van der Waals surface area contributed by atoms with Crippen LogP contribution in [0.15, 0.2) is 47.4 Å². The van der Waals surface area contributed by atoms with Crippen LogP contribution in [0.25, 0.3) is 10.9 Å². The van der Waals surface area contributed by atoms with Gasteiger partial charge in [-0.2, -0.15) is 0 Å². The van der Waals surface area contributed by atoms with E-state index >= 15 is 0 Å². The zero-order valence-corrected chi connectivity index (χ0v) is 17.6. The van der Waals surface area contributed by atoms with Gasteiger partial charge in [0.15, 0.2) is 0 Å². The van der Waals surface area contributed by atoms with Crippen molar-refractivity contribution in [2.75, 3.05) is 31.2 Å². The van der Waals surface area contributed by atoms with E-state index in [9.17, 15) is 8.42 Å². The van der Waals surface area contributed by atoms with Crippen LogP contribution in [-0.4, -0.2) is 44.7 Å². The predicted molar refractivity (Wildman–Crippen MR) is 113 cm³/mol. The lowest BCUT2D eigenvalue weighted by molar-refractivity contribution is 0.122. The highest BCUT2D eigenvalue weighted by Gasteiger charge is 2.20. The minimum absolute atomic E-state index is 0.0437. The average molecular weight is 453 g/mol. The summed E-state index contributed by atoms with van der Waals surface area (Å²) in [6, 6.07) is 11.9. The van der Waals surface area contributed by atoms with Crippen LogP contribution in [0.5, 0.6) is 0 Å². The summed E-state index contributed by atoms with van der Waals surface area (Å²) in [5.41, 5.74) is 0.753. The maximum atomic E-state index is 12.7. The van der Waals surface area contributed by atoms with Crippen molar-refractivity contribution in [1.82, 2.24) is 14.7 Å². The van der Waals surface area contributed by atoms with E-state index in [1.54, 1.807) is 0 Å². The maximum Gasteiger partial charge on any atom is 0.242 e. The summed E-state index contributed by atoms with van der Waals surface area (Å²) in [5.74, 6) is 1.15. The molecule has 0 aliphatic carbocycles. The van der Waals surface area contributed by atoms with Crippen molar-refractivity contribution in [2.24, 2.45) is 0 Å². The first-order chi connectivity index (χ1) is 13.9. The van der Waals surface area contributed by atoms with E-state index in [-0.39, 0.29) is 16.5 Å². The van der Waals surface area contributed by atoms with Gasteiger partial charge in [0, 0.05) is 23.5 Å². The lowest BCUT2D eigenvalue weighted by Crippen LogP contribution is -2.37. The Morgan fingerprint density at radius 3 is 2.59 bits per heavy atom. The third kappa shape index (κ3) is 4.46. The molecule has 152 valence electrons. The van der Waals surface area contributed by atoms with Crippen molar-refractivity contribution in [1.29, 1.82) is 0 Å². The lowest BCUT2D eigenvalue weighted by Gasteiger charge is -2.29. The number of para-hydroxylation sites is 1. The Morgan fingerprint density at radius 1 is 1.07 bits per heavy atom. The fraction of sp³-hybridized carbons (Fsp3) is 0.263. The lowest BCUT2D eigenvalue weighted by atomic mass is 10.2. The fourth-order valence-corrected chi connectivity index (χ4v) is 4.88. The molecule has 0 atom stereocenters. The van der Waals surface area contributed by atoms with Gasteiger partial charge in [-0.15, -0.1) is 0 Å². The summed E-state index contributed by atoms with van der Waals surface area (Å²) in [7, 11) is -3.85. The number of anilines is 1. The summed E-state index contributed by atoms with van der Waals surface area (Å²) in [6.07, 6.45) is 0. The molecule has 1 N–H and O–H groups in total. The number of aromatic nitrogens is 2. The molecule has 10 heteroatoms. The normalized spacial score (nSPS) is 15.0. The second-order valence-electron chi connectivity index (χ2n) is 6.48. The molecule has 2 heterocycles. The Bertz CT molecular complexity index is 1150. The molecule has 0 saturated carbocycles. The van der Waals surface area contributed by atoms with E-state index in [1.807, 2.05) is 24.3 Å². The summed E-state index contributed by atoms with van der Waals surface area (Å²) < 4.78 is 33.3. The van der Waals surface area contributed by atoms with Crippen molar-refractivity contribution in [3.63, 3.8) is 0 Å². The molecular weight excluding hydrogens is 435 g/mol. The van der Waals surface area contributed by atoms with Crippen molar-refractivity contribution in [2.45, 2.75) is 11.4 Å². The molecule has 0 unspecified atom stereocenters. The second kappa shape index (κ2) is 8.41. The van der Waals surface area contributed by atoms with Gasteiger partial charge < -0.3 is 9.64 Å². The number of morpholine rings is 1. The number of ether oxygens (including phenoxy) is 1. The first kappa shape index (κ1) is 20.3. The van der Waals surface area contributed by atoms with Crippen molar-refractivity contribution in [3.8, 4) is 0 Å². The average Bonchev–Trinajstić information content (AvgIpc) is 2.72. The summed E-state index contributed by atoms with van der Waals surface area (Å²) in [4.78, 5) is 11.2. The molecule has 1 fully saturated rings. The number of nitrogens with zero attached hydrogens (tertiary/aromatic N) is 3. The van der Waals surface area contributed by atoms with Crippen LogP contribution in [0.3, 0.4) is 0 Å². The summed E-state index contributed by atoms with van der Waals surface area (Å²) >= 11 is 11.9. The molecule has 4 rings (SSSR count). The second-order valence-corrected chi connectivity index (χ2v) is 9.06. The van der Waals surface area contributed by atoms with Crippen molar-refractivity contribution >= 4 is 49.9 Å². The number of sulfonamides is 1. The largest absolute Gasteiger partial charge is 0.378 e. The fourth-order valence-electron chi connectivity index (χ4n) is 3.13. The molecule has 29 heavy (non-hydrogen) atoms. The van der Waals surface area contributed by atoms with Crippen LogP contribution in [-0.2, 0) is 21.3 Å². The standard InChI is InChI=1S/C19H18Cl2N4O3S/c20-13-5-6-17(15(21)11-13)29(26,27)22-12-18-23-16-4-2-1-3-14(16)19(24-18)25-7-9-28-10-8-25/h1-6,11,22H,7-10,12H2. The zero-order chi connectivity index (χ0) is 20.4. The van der Waals surface area contributed by atoms with Gasteiger partial charge in [0.05, 0.1) is 30.3 Å². The van der Waals surface area contributed by atoms with Gasteiger partial charge in [-0.1, -0.05) is 35.3 Å².